The average molecular weight is 180 g/mol. The first-order chi connectivity index (χ1) is 6.09. The molecule has 0 atom stereocenters. The minimum Gasteiger partial charge on any atom is -0.212 e. The summed E-state index contributed by atoms with van der Waals surface area (Å²) in [6.45, 7) is 8.37. The fourth-order valence-electron chi connectivity index (χ4n) is 1.53. The lowest BCUT2D eigenvalue weighted by Gasteiger charge is -2.14. The predicted octanol–water partition coefficient (Wildman–Crippen LogP) is 4.16. The predicted molar refractivity (Wildman–Crippen MR) is 55.1 cm³/mol. The first kappa shape index (κ1) is 10.2. The molecule has 1 heteroatoms. The van der Waals surface area contributed by atoms with Gasteiger partial charge in [-0.3, -0.25) is 0 Å². The summed E-state index contributed by atoms with van der Waals surface area (Å²) in [7, 11) is 0. The van der Waals surface area contributed by atoms with Crippen molar-refractivity contribution in [2.75, 3.05) is 0 Å². The van der Waals surface area contributed by atoms with Gasteiger partial charge in [-0.25, -0.2) is 4.39 Å². The van der Waals surface area contributed by atoms with Gasteiger partial charge < -0.3 is 0 Å². The van der Waals surface area contributed by atoms with E-state index < -0.39 is 0 Å². The summed E-state index contributed by atoms with van der Waals surface area (Å²) in [5, 5.41) is 0. The van der Waals surface area contributed by atoms with Crippen LogP contribution >= 0.6 is 0 Å². The fourth-order valence-corrected chi connectivity index (χ4v) is 1.53. The van der Waals surface area contributed by atoms with Crippen LogP contribution in [0.15, 0.2) is 35.7 Å². The highest BCUT2D eigenvalue weighted by Crippen LogP contribution is 2.27. The molecule has 0 aromatic heterocycles. The van der Waals surface area contributed by atoms with Crippen molar-refractivity contribution in [3.63, 3.8) is 0 Å². The third-order valence-electron chi connectivity index (χ3n) is 2.21. The second-order valence-corrected chi connectivity index (χ2v) is 4.01. The van der Waals surface area contributed by atoms with Gasteiger partial charge in [0.2, 0.25) is 0 Å². The molecule has 72 valence electrons. The summed E-state index contributed by atoms with van der Waals surface area (Å²) < 4.78 is 12.7. The molecule has 0 heterocycles. The van der Waals surface area contributed by atoms with E-state index in [1.807, 2.05) is 6.08 Å². The third kappa shape index (κ3) is 3.17. The van der Waals surface area contributed by atoms with Crippen LogP contribution in [0, 0.1) is 5.92 Å². The molecule has 0 N–H and O–H groups in total. The number of hydrogen-bond acceptors (Lipinski definition) is 0. The molecule has 1 aliphatic carbocycles. The Labute approximate surface area is 79.8 Å². The van der Waals surface area contributed by atoms with Crippen LogP contribution in [0.1, 0.15) is 33.1 Å². The average Bonchev–Trinajstić information content (AvgIpc) is 2.04. The van der Waals surface area contributed by atoms with E-state index in [0.29, 0.717) is 12.3 Å². The second-order valence-electron chi connectivity index (χ2n) is 4.01. The van der Waals surface area contributed by atoms with Gasteiger partial charge in [-0.15, -0.1) is 0 Å². The molecule has 0 unspecified atom stereocenters. The molecular weight excluding hydrogens is 163 g/mol. The zero-order valence-electron chi connectivity index (χ0n) is 8.44. The highest BCUT2D eigenvalue weighted by Gasteiger charge is 2.09. The molecule has 0 saturated heterocycles. The van der Waals surface area contributed by atoms with E-state index in [1.165, 1.54) is 11.1 Å². The fraction of sp³-hybridized carbons (Fsp3) is 0.500. The van der Waals surface area contributed by atoms with Crippen molar-refractivity contribution in [1.82, 2.24) is 0 Å². The van der Waals surface area contributed by atoms with Gasteiger partial charge in [0.15, 0.2) is 0 Å². The Morgan fingerprint density at radius 3 is 2.62 bits per heavy atom. The summed E-state index contributed by atoms with van der Waals surface area (Å²) in [4.78, 5) is 0. The summed E-state index contributed by atoms with van der Waals surface area (Å²) >= 11 is 0. The molecule has 0 spiro atoms. The Bertz CT molecular complexity index is 256. The lowest BCUT2D eigenvalue weighted by Crippen LogP contribution is -1.97. The first-order valence-corrected chi connectivity index (χ1v) is 4.83. The van der Waals surface area contributed by atoms with Gasteiger partial charge in [0.05, 0.1) is 0 Å². The van der Waals surface area contributed by atoms with Crippen LogP contribution in [0.2, 0.25) is 0 Å². The van der Waals surface area contributed by atoms with E-state index in [4.69, 9.17) is 0 Å². The third-order valence-corrected chi connectivity index (χ3v) is 2.21. The maximum absolute atomic E-state index is 12.7. The van der Waals surface area contributed by atoms with Gasteiger partial charge in [-0.05, 0) is 30.4 Å². The molecule has 0 saturated carbocycles. The molecule has 0 nitrogen and oxygen atoms in total. The Kier molecular flexibility index (Phi) is 3.47. The summed E-state index contributed by atoms with van der Waals surface area (Å²) in [5.74, 6) is 0.616. The maximum atomic E-state index is 12.7. The normalized spacial score (nSPS) is 16.9. The SMILES string of the molecule is C=C(CC(C)C)C1=CC=C(F)CC1. The van der Waals surface area contributed by atoms with Crippen LogP contribution in [0.25, 0.3) is 0 Å². The van der Waals surface area contributed by atoms with E-state index in [-0.39, 0.29) is 5.83 Å². The quantitative estimate of drug-likeness (QED) is 0.611. The maximum Gasteiger partial charge on any atom is 0.100 e. The number of rotatable bonds is 3. The number of halogens is 1. The van der Waals surface area contributed by atoms with Crippen LogP contribution in [0.5, 0.6) is 0 Å². The van der Waals surface area contributed by atoms with Gasteiger partial charge >= 0.3 is 0 Å². The van der Waals surface area contributed by atoms with Gasteiger partial charge in [-0.2, -0.15) is 0 Å². The smallest absolute Gasteiger partial charge is 0.100 e. The largest absolute Gasteiger partial charge is 0.212 e. The molecule has 13 heavy (non-hydrogen) atoms. The molecule has 1 rings (SSSR count). The van der Waals surface area contributed by atoms with Crippen LogP contribution in [-0.2, 0) is 0 Å². The standard InChI is InChI=1S/C12H17F/c1-9(2)8-10(3)11-4-6-12(13)7-5-11/h4,6,9H,3,5,7-8H2,1-2H3. The summed E-state index contributed by atoms with van der Waals surface area (Å²) in [6, 6.07) is 0. The second kappa shape index (κ2) is 4.40. The zero-order chi connectivity index (χ0) is 9.84. The molecule has 0 amide bonds. The number of allylic oxidation sites excluding steroid dienone is 5. The Balaban J connectivity index is 2.58. The van der Waals surface area contributed by atoms with Crippen LogP contribution in [0.4, 0.5) is 4.39 Å². The van der Waals surface area contributed by atoms with E-state index in [1.54, 1.807) is 6.08 Å². The molecule has 1 aliphatic rings. The van der Waals surface area contributed by atoms with Gasteiger partial charge in [0, 0.05) is 6.42 Å². The Morgan fingerprint density at radius 2 is 2.15 bits per heavy atom. The van der Waals surface area contributed by atoms with Crippen LogP contribution < -0.4 is 0 Å². The highest BCUT2D eigenvalue weighted by molar-refractivity contribution is 5.35. The van der Waals surface area contributed by atoms with Gasteiger partial charge in [-0.1, -0.05) is 32.1 Å². The molecular formula is C12H17F. The minimum absolute atomic E-state index is 0.0129. The Morgan fingerprint density at radius 1 is 1.46 bits per heavy atom. The van der Waals surface area contributed by atoms with Crippen molar-refractivity contribution in [3.05, 3.63) is 35.7 Å². The highest BCUT2D eigenvalue weighted by atomic mass is 19.1. The van der Waals surface area contributed by atoms with Crippen molar-refractivity contribution in [2.45, 2.75) is 33.1 Å². The summed E-state index contributed by atoms with van der Waals surface area (Å²) in [5.41, 5.74) is 2.38. The number of hydrogen-bond donors (Lipinski definition) is 0. The zero-order valence-corrected chi connectivity index (χ0v) is 8.44. The van der Waals surface area contributed by atoms with E-state index in [0.717, 1.165) is 12.8 Å². The van der Waals surface area contributed by atoms with Crippen molar-refractivity contribution < 1.29 is 4.39 Å². The molecule has 0 aromatic rings. The van der Waals surface area contributed by atoms with Crippen LogP contribution in [0.3, 0.4) is 0 Å². The van der Waals surface area contributed by atoms with E-state index in [2.05, 4.69) is 20.4 Å². The molecule has 0 fully saturated rings. The van der Waals surface area contributed by atoms with Crippen molar-refractivity contribution in [1.29, 1.82) is 0 Å². The van der Waals surface area contributed by atoms with Crippen molar-refractivity contribution in [3.8, 4) is 0 Å². The lowest BCUT2D eigenvalue weighted by molar-refractivity contribution is 0.578. The topological polar surface area (TPSA) is 0 Å². The Hall–Kier alpha value is -0.850. The van der Waals surface area contributed by atoms with E-state index in [9.17, 15) is 4.39 Å². The lowest BCUT2D eigenvalue weighted by atomic mass is 9.92. The van der Waals surface area contributed by atoms with Crippen molar-refractivity contribution in [2.24, 2.45) is 5.92 Å². The first-order valence-electron chi connectivity index (χ1n) is 4.83. The molecule has 0 bridgehead atoms. The van der Waals surface area contributed by atoms with Crippen molar-refractivity contribution >= 4 is 0 Å². The summed E-state index contributed by atoms with van der Waals surface area (Å²) in [6.07, 6.45) is 5.80. The van der Waals surface area contributed by atoms with Gasteiger partial charge in [0.25, 0.3) is 0 Å². The minimum atomic E-state index is -0.0129. The molecule has 0 aliphatic heterocycles. The van der Waals surface area contributed by atoms with E-state index >= 15 is 0 Å². The molecule has 0 aromatic carbocycles. The van der Waals surface area contributed by atoms with Gasteiger partial charge in [0.1, 0.15) is 5.83 Å². The monoisotopic (exact) mass is 180 g/mol. The van der Waals surface area contributed by atoms with Crippen LogP contribution in [-0.4, -0.2) is 0 Å². The molecule has 0 radical (unpaired) electrons.